The van der Waals surface area contributed by atoms with Crippen molar-refractivity contribution in [3.8, 4) is 5.75 Å². The first-order valence-corrected chi connectivity index (χ1v) is 5.79. The van der Waals surface area contributed by atoms with Crippen LogP contribution < -0.4 is 10.1 Å². The van der Waals surface area contributed by atoms with Crippen LogP contribution in [0.4, 0.5) is 5.69 Å². The van der Waals surface area contributed by atoms with E-state index >= 15 is 0 Å². The van der Waals surface area contributed by atoms with E-state index in [9.17, 15) is 0 Å². The van der Waals surface area contributed by atoms with E-state index in [1.807, 2.05) is 18.5 Å². The molecule has 4 nitrogen and oxygen atoms in total. The third kappa shape index (κ3) is 1.75. The van der Waals surface area contributed by atoms with Crippen molar-refractivity contribution in [2.45, 2.75) is 12.3 Å². The predicted octanol–water partition coefficient (Wildman–Crippen LogP) is 2.37. The van der Waals surface area contributed by atoms with Crippen molar-refractivity contribution < 1.29 is 4.74 Å². The van der Waals surface area contributed by atoms with Crippen molar-refractivity contribution in [3.05, 3.63) is 41.7 Å². The molecular formula is C13H15N3O. The molecule has 0 amide bonds. The molecule has 3 rings (SSSR count). The molecule has 0 saturated heterocycles. The summed E-state index contributed by atoms with van der Waals surface area (Å²) in [4.78, 5) is 0. The lowest BCUT2D eigenvalue weighted by Gasteiger charge is -2.26. The summed E-state index contributed by atoms with van der Waals surface area (Å²) in [5.74, 6) is 1.32. The summed E-state index contributed by atoms with van der Waals surface area (Å²) in [5.41, 5.74) is 3.73. The number of aromatic amines is 1. The number of benzene rings is 1. The lowest BCUT2D eigenvalue weighted by Crippen LogP contribution is -2.17. The molecule has 0 spiro atoms. The minimum absolute atomic E-state index is 0.427. The van der Waals surface area contributed by atoms with E-state index in [-0.39, 0.29) is 0 Å². The molecule has 0 saturated carbocycles. The molecule has 0 aliphatic carbocycles. The molecule has 17 heavy (non-hydrogen) atoms. The first-order chi connectivity index (χ1) is 8.38. The zero-order valence-corrected chi connectivity index (χ0v) is 9.73. The molecule has 1 aliphatic rings. The Bertz CT molecular complexity index is 507. The highest BCUT2D eigenvalue weighted by Crippen LogP contribution is 2.37. The Kier molecular flexibility index (Phi) is 2.48. The van der Waals surface area contributed by atoms with E-state index in [2.05, 4.69) is 27.6 Å². The van der Waals surface area contributed by atoms with Gasteiger partial charge in [-0.1, -0.05) is 6.07 Å². The number of fused-ring (bicyclic) bond motifs is 1. The number of hydrogen-bond acceptors (Lipinski definition) is 3. The second-order valence-corrected chi connectivity index (χ2v) is 4.25. The molecule has 88 valence electrons. The summed E-state index contributed by atoms with van der Waals surface area (Å²) >= 11 is 0. The van der Waals surface area contributed by atoms with Crippen molar-refractivity contribution in [2.75, 3.05) is 19.0 Å². The average molecular weight is 229 g/mol. The van der Waals surface area contributed by atoms with Crippen LogP contribution in [0.1, 0.15) is 23.5 Å². The van der Waals surface area contributed by atoms with Crippen molar-refractivity contribution in [1.29, 1.82) is 0 Å². The number of anilines is 1. The minimum atomic E-state index is 0.427. The first kappa shape index (κ1) is 10.2. The van der Waals surface area contributed by atoms with Crippen LogP contribution in [0.25, 0.3) is 0 Å². The van der Waals surface area contributed by atoms with E-state index in [0.29, 0.717) is 5.92 Å². The largest absolute Gasteiger partial charge is 0.497 e. The predicted molar refractivity (Wildman–Crippen MR) is 66.5 cm³/mol. The molecule has 4 heteroatoms. The van der Waals surface area contributed by atoms with Gasteiger partial charge in [-0.05, 0) is 23.6 Å². The zero-order chi connectivity index (χ0) is 11.7. The lowest BCUT2D eigenvalue weighted by molar-refractivity contribution is 0.414. The van der Waals surface area contributed by atoms with Gasteiger partial charge in [0, 0.05) is 30.4 Å². The van der Waals surface area contributed by atoms with Crippen molar-refractivity contribution in [1.82, 2.24) is 10.2 Å². The van der Waals surface area contributed by atoms with Gasteiger partial charge in [0.1, 0.15) is 5.75 Å². The van der Waals surface area contributed by atoms with Crippen LogP contribution in [0.2, 0.25) is 0 Å². The monoisotopic (exact) mass is 229 g/mol. The normalized spacial score (nSPS) is 18.3. The average Bonchev–Trinajstić information content (AvgIpc) is 2.91. The highest BCUT2D eigenvalue weighted by atomic mass is 16.5. The quantitative estimate of drug-likeness (QED) is 0.831. The Balaban J connectivity index is 2.02. The molecule has 1 aromatic heterocycles. The van der Waals surface area contributed by atoms with E-state index < -0.39 is 0 Å². The minimum Gasteiger partial charge on any atom is -0.497 e. The van der Waals surface area contributed by atoms with E-state index in [0.717, 1.165) is 18.7 Å². The van der Waals surface area contributed by atoms with Crippen LogP contribution in [-0.4, -0.2) is 23.9 Å². The molecule has 0 fully saturated rings. The fourth-order valence-corrected chi connectivity index (χ4v) is 2.42. The number of H-pyrrole nitrogens is 1. The van der Waals surface area contributed by atoms with Gasteiger partial charge in [-0.25, -0.2) is 0 Å². The summed E-state index contributed by atoms with van der Waals surface area (Å²) < 4.78 is 5.25. The maximum absolute atomic E-state index is 5.25. The Morgan fingerprint density at radius 1 is 1.41 bits per heavy atom. The molecular weight excluding hydrogens is 214 g/mol. The fraction of sp³-hybridized carbons (Fsp3) is 0.308. The van der Waals surface area contributed by atoms with Crippen molar-refractivity contribution in [2.24, 2.45) is 0 Å². The maximum Gasteiger partial charge on any atom is 0.120 e. The lowest BCUT2D eigenvalue weighted by atomic mass is 9.87. The molecule has 1 unspecified atom stereocenters. The molecule has 0 radical (unpaired) electrons. The van der Waals surface area contributed by atoms with Crippen LogP contribution >= 0.6 is 0 Å². The standard InChI is InChI=1S/C13H15N3O/c1-17-10-2-3-12-11(9-7-15-16-8-9)4-5-14-13(12)6-10/h2-3,6-8,11,14H,4-5H2,1H3,(H,15,16). The Labute approximate surface area is 100 Å². The Morgan fingerprint density at radius 3 is 3.12 bits per heavy atom. The second kappa shape index (κ2) is 4.13. The number of ether oxygens (including phenoxy) is 1. The van der Waals surface area contributed by atoms with Crippen LogP contribution in [0, 0.1) is 0 Å². The number of nitrogens with one attached hydrogen (secondary N) is 2. The maximum atomic E-state index is 5.25. The first-order valence-electron chi connectivity index (χ1n) is 5.79. The molecule has 2 heterocycles. The highest BCUT2D eigenvalue weighted by Gasteiger charge is 2.22. The van der Waals surface area contributed by atoms with Gasteiger partial charge in [-0.2, -0.15) is 5.10 Å². The fourth-order valence-electron chi connectivity index (χ4n) is 2.42. The van der Waals surface area contributed by atoms with Gasteiger partial charge in [0.2, 0.25) is 0 Å². The van der Waals surface area contributed by atoms with Crippen molar-refractivity contribution in [3.63, 3.8) is 0 Å². The summed E-state index contributed by atoms with van der Waals surface area (Å²) in [7, 11) is 1.69. The van der Waals surface area contributed by atoms with Crippen molar-refractivity contribution >= 4 is 5.69 Å². The molecule has 2 N–H and O–H groups in total. The molecule has 2 aromatic rings. The van der Waals surface area contributed by atoms with E-state index in [4.69, 9.17) is 4.74 Å². The second-order valence-electron chi connectivity index (χ2n) is 4.25. The number of nitrogens with zero attached hydrogens (tertiary/aromatic N) is 1. The van der Waals surface area contributed by atoms with Gasteiger partial charge in [0.15, 0.2) is 0 Å². The molecule has 1 atom stereocenters. The third-order valence-corrected chi connectivity index (χ3v) is 3.31. The molecule has 1 aromatic carbocycles. The molecule has 1 aliphatic heterocycles. The molecule has 0 bridgehead atoms. The van der Waals surface area contributed by atoms with Crippen LogP contribution in [0.15, 0.2) is 30.6 Å². The smallest absolute Gasteiger partial charge is 0.120 e. The number of rotatable bonds is 2. The number of aromatic nitrogens is 2. The Hall–Kier alpha value is -1.97. The topological polar surface area (TPSA) is 49.9 Å². The number of hydrogen-bond donors (Lipinski definition) is 2. The van der Waals surface area contributed by atoms with Gasteiger partial charge in [0.05, 0.1) is 13.3 Å². The SMILES string of the molecule is COc1ccc2c(c1)NCCC2c1cn[nH]c1. The van der Waals surface area contributed by atoms with Gasteiger partial charge in [0.25, 0.3) is 0 Å². The zero-order valence-electron chi connectivity index (χ0n) is 9.73. The van der Waals surface area contributed by atoms with Crippen LogP contribution in [0.3, 0.4) is 0 Å². The van der Waals surface area contributed by atoms with Crippen LogP contribution in [-0.2, 0) is 0 Å². The Morgan fingerprint density at radius 2 is 2.35 bits per heavy atom. The van der Waals surface area contributed by atoms with E-state index in [1.165, 1.54) is 16.8 Å². The summed E-state index contributed by atoms with van der Waals surface area (Å²) in [6, 6.07) is 6.21. The highest BCUT2D eigenvalue weighted by molar-refractivity contribution is 5.60. The van der Waals surface area contributed by atoms with Gasteiger partial charge in [-0.3, -0.25) is 5.10 Å². The summed E-state index contributed by atoms with van der Waals surface area (Å²) in [6.45, 7) is 0.982. The van der Waals surface area contributed by atoms with Gasteiger partial charge >= 0.3 is 0 Å². The number of methoxy groups -OCH3 is 1. The van der Waals surface area contributed by atoms with Gasteiger partial charge in [-0.15, -0.1) is 0 Å². The van der Waals surface area contributed by atoms with Gasteiger partial charge < -0.3 is 10.1 Å². The third-order valence-electron chi connectivity index (χ3n) is 3.31. The van der Waals surface area contributed by atoms with E-state index in [1.54, 1.807) is 7.11 Å². The summed E-state index contributed by atoms with van der Waals surface area (Å²) in [5, 5.41) is 10.3. The van der Waals surface area contributed by atoms with Crippen LogP contribution in [0.5, 0.6) is 5.75 Å². The summed E-state index contributed by atoms with van der Waals surface area (Å²) in [6.07, 6.45) is 4.98.